The second kappa shape index (κ2) is 3.98. The fourth-order valence-electron chi connectivity index (χ4n) is 1.17. The van der Waals surface area contributed by atoms with Gasteiger partial charge in [-0.2, -0.15) is 0 Å². The first-order chi connectivity index (χ1) is 5.91. The van der Waals surface area contributed by atoms with E-state index in [1.807, 2.05) is 12.1 Å². The molecule has 1 rings (SSSR count). The van der Waals surface area contributed by atoms with Gasteiger partial charge in [0, 0.05) is 0 Å². The Balaban J connectivity index is 3.06. The topological polar surface area (TPSA) is 40.5 Å². The van der Waals surface area contributed by atoms with Gasteiger partial charge in [-0.05, 0) is 0 Å². The van der Waals surface area contributed by atoms with Gasteiger partial charge < -0.3 is 0 Å². The average Bonchev–Trinajstić information content (AvgIpc) is 2.03. The molecule has 0 atom stereocenters. The maximum absolute atomic E-state index is 8.99. The third-order valence-corrected chi connectivity index (χ3v) is 7.88. The Kier molecular flexibility index (Phi) is 3.37. The van der Waals surface area contributed by atoms with E-state index < -0.39 is 24.7 Å². The average molecular weight is 287 g/mol. The van der Waals surface area contributed by atoms with E-state index in [9.17, 15) is 0 Å². The summed E-state index contributed by atoms with van der Waals surface area (Å²) >= 11 is -2.04. The van der Waals surface area contributed by atoms with Crippen LogP contribution in [0.1, 0.15) is 11.9 Å². The molecular formula is C10H16O2Sn. The second-order valence-corrected chi connectivity index (χ2v) is 18.7. The molecule has 0 saturated carbocycles. The van der Waals surface area contributed by atoms with E-state index in [1.165, 1.54) is 3.58 Å². The second-order valence-electron chi connectivity index (χ2n) is 4.25. The van der Waals surface area contributed by atoms with Crippen molar-refractivity contribution in [3.05, 3.63) is 29.8 Å². The number of aliphatic hydroxyl groups is 2. The van der Waals surface area contributed by atoms with Crippen LogP contribution < -0.4 is 3.58 Å². The van der Waals surface area contributed by atoms with E-state index in [2.05, 4.69) is 20.9 Å². The number of benzene rings is 1. The van der Waals surface area contributed by atoms with E-state index >= 15 is 0 Å². The van der Waals surface area contributed by atoms with Crippen LogP contribution in [0.15, 0.2) is 24.3 Å². The van der Waals surface area contributed by atoms with Crippen LogP contribution in [0.25, 0.3) is 0 Å². The standard InChI is InChI=1S/C7H7O2.3CH3.Sn/c8-7(9)6-4-2-1-3-5-6;;;;/h1-2,4-5,7-9H;3*1H3;. The monoisotopic (exact) mass is 288 g/mol. The van der Waals surface area contributed by atoms with Crippen LogP contribution >= 0.6 is 0 Å². The molecule has 0 fully saturated rings. The van der Waals surface area contributed by atoms with Crippen molar-refractivity contribution in [1.29, 1.82) is 0 Å². The van der Waals surface area contributed by atoms with E-state index in [4.69, 9.17) is 10.2 Å². The van der Waals surface area contributed by atoms with Crippen molar-refractivity contribution in [2.75, 3.05) is 0 Å². The van der Waals surface area contributed by atoms with E-state index in [0.29, 0.717) is 5.56 Å². The predicted molar refractivity (Wildman–Crippen MR) is 56.6 cm³/mol. The summed E-state index contributed by atoms with van der Waals surface area (Å²) in [6, 6.07) is 7.64. The van der Waals surface area contributed by atoms with Gasteiger partial charge in [-0.1, -0.05) is 0 Å². The van der Waals surface area contributed by atoms with Crippen LogP contribution in [0.4, 0.5) is 0 Å². The molecule has 2 N–H and O–H groups in total. The molecule has 1 aromatic rings. The van der Waals surface area contributed by atoms with Crippen LogP contribution in [-0.4, -0.2) is 28.6 Å². The summed E-state index contributed by atoms with van der Waals surface area (Å²) in [4.78, 5) is 6.91. The Morgan fingerprint density at radius 2 is 1.77 bits per heavy atom. The van der Waals surface area contributed by atoms with Gasteiger partial charge in [0.15, 0.2) is 0 Å². The van der Waals surface area contributed by atoms with E-state index in [1.54, 1.807) is 6.07 Å². The molecule has 1 aromatic carbocycles. The van der Waals surface area contributed by atoms with Crippen LogP contribution in [0.3, 0.4) is 0 Å². The third-order valence-electron chi connectivity index (χ3n) is 2.05. The van der Waals surface area contributed by atoms with Crippen LogP contribution in [0, 0.1) is 0 Å². The first-order valence-corrected chi connectivity index (χ1v) is 14.4. The fourth-order valence-corrected chi connectivity index (χ4v) is 4.58. The SMILES string of the molecule is [CH3][Sn]([CH3])([CH3])[c]1cccc(C(O)O)c1. The van der Waals surface area contributed by atoms with Gasteiger partial charge in [-0.15, -0.1) is 0 Å². The Bertz CT molecular complexity index is 289. The van der Waals surface area contributed by atoms with Crippen molar-refractivity contribution >= 4 is 22.0 Å². The van der Waals surface area contributed by atoms with Gasteiger partial charge in [0.2, 0.25) is 0 Å². The van der Waals surface area contributed by atoms with Gasteiger partial charge in [0.05, 0.1) is 0 Å². The molecule has 13 heavy (non-hydrogen) atoms. The zero-order chi connectivity index (χ0) is 10.1. The van der Waals surface area contributed by atoms with Crippen LogP contribution in [0.5, 0.6) is 0 Å². The van der Waals surface area contributed by atoms with Crippen LogP contribution in [-0.2, 0) is 0 Å². The predicted octanol–water partition coefficient (Wildman–Crippen LogP) is 1.21. The Morgan fingerprint density at radius 3 is 2.23 bits per heavy atom. The Morgan fingerprint density at radius 1 is 1.15 bits per heavy atom. The minimum atomic E-state index is -2.04. The van der Waals surface area contributed by atoms with Crippen molar-refractivity contribution in [2.24, 2.45) is 0 Å². The number of rotatable bonds is 2. The van der Waals surface area contributed by atoms with Crippen LogP contribution in [0.2, 0.25) is 14.8 Å². The molecule has 0 aliphatic heterocycles. The molecule has 0 aliphatic carbocycles. The fraction of sp³-hybridized carbons (Fsp3) is 0.400. The van der Waals surface area contributed by atoms with Gasteiger partial charge in [-0.25, -0.2) is 0 Å². The summed E-state index contributed by atoms with van der Waals surface area (Å²) in [5.74, 6) is 0. The molecule has 2 nitrogen and oxygen atoms in total. The molecule has 0 bridgehead atoms. The number of hydrogen-bond acceptors (Lipinski definition) is 2. The minimum absolute atomic E-state index is 0.601. The normalized spacial score (nSPS) is 12.2. The van der Waals surface area contributed by atoms with E-state index in [-0.39, 0.29) is 0 Å². The zero-order valence-corrected chi connectivity index (χ0v) is 11.1. The summed E-state index contributed by atoms with van der Waals surface area (Å²) in [6.45, 7) is 0. The molecule has 0 heterocycles. The Labute approximate surface area is 83.1 Å². The molecule has 0 unspecified atom stereocenters. The first-order valence-electron chi connectivity index (χ1n) is 4.38. The third kappa shape index (κ3) is 2.97. The molecule has 0 amide bonds. The Hall–Kier alpha value is -0.0613. The molecule has 0 aliphatic rings. The molecule has 72 valence electrons. The number of aliphatic hydroxyl groups excluding tert-OH is 1. The molecule has 0 spiro atoms. The summed E-state index contributed by atoms with van der Waals surface area (Å²) in [6.07, 6.45) is -1.34. The summed E-state index contributed by atoms with van der Waals surface area (Å²) in [5.41, 5.74) is 0.601. The van der Waals surface area contributed by atoms with Crippen molar-refractivity contribution in [3.63, 3.8) is 0 Å². The van der Waals surface area contributed by atoms with Crippen molar-refractivity contribution in [1.82, 2.24) is 0 Å². The molecule has 3 heteroatoms. The summed E-state index contributed by atoms with van der Waals surface area (Å²) in [7, 11) is 0. The van der Waals surface area contributed by atoms with Gasteiger partial charge in [0.1, 0.15) is 0 Å². The van der Waals surface area contributed by atoms with Gasteiger partial charge >= 0.3 is 83.1 Å². The van der Waals surface area contributed by atoms with Crippen molar-refractivity contribution < 1.29 is 10.2 Å². The van der Waals surface area contributed by atoms with E-state index in [0.717, 1.165) is 0 Å². The van der Waals surface area contributed by atoms with Crippen molar-refractivity contribution in [3.8, 4) is 0 Å². The first kappa shape index (κ1) is 11.0. The van der Waals surface area contributed by atoms with Gasteiger partial charge in [-0.3, -0.25) is 0 Å². The number of hydrogen-bond donors (Lipinski definition) is 2. The molecule has 0 aromatic heterocycles. The van der Waals surface area contributed by atoms with Crippen molar-refractivity contribution in [2.45, 2.75) is 21.1 Å². The van der Waals surface area contributed by atoms with Gasteiger partial charge in [0.25, 0.3) is 0 Å². The molecule has 0 saturated heterocycles. The molecule has 0 radical (unpaired) electrons. The quantitative estimate of drug-likeness (QED) is 0.634. The zero-order valence-electron chi connectivity index (χ0n) is 8.28. The summed E-state index contributed by atoms with van der Waals surface area (Å²) in [5, 5.41) is 18.0. The summed E-state index contributed by atoms with van der Waals surface area (Å²) < 4.78 is 1.32. The maximum atomic E-state index is 8.99. The molecular weight excluding hydrogens is 271 g/mol.